The molecule has 0 radical (unpaired) electrons. The average molecular weight is 182 g/mol. The van der Waals surface area contributed by atoms with Crippen molar-refractivity contribution in [3.63, 3.8) is 0 Å². The number of thiophene rings is 1. The Labute approximate surface area is 72.7 Å². The number of allylic oxidation sites excluding steroid dienone is 2. The first-order valence-corrected chi connectivity index (χ1v) is 6.39. The molecule has 0 N–H and O–H groups in total. The van der Waals surface area contributed by atoms with Gasteiger partial charge in [0, 0.05) is 4.62 Å². The molecule has 58 valence electrons. The van der Waals surface area contributed by atoms with Gasteiger partial charge in [-0.15, -0.1) is 11.3 Å². The topological polar surface area (TPSA) is 0 Å². The Morgan fingerprint density at radius 3 is 3.00 bits per heavy atom. The molecule has 0 amide bonds. The Hall–Kier alpha value is -0.130. The second-order valence-electron chi connectivity index (χ2n) is 2.88. The molecule has 0 spiro atoms. The maximum absolute atomic E-state index is 2.39. The highest BCUT2D eigenvalue weighted by Gasteiger charge is 2.15. The van der Waals surface area contributed by atoms with Crippen molar-refractivity contribution in [3.05, 3.63) is 29.2 Å². The first kappa shape index (κ1) is 7.52. The van der Waals surface area contributed by atoms with Crippen LogP contribution in [0.15, 0.2) is 29.2 Å². The van der Waals surface area contributed by atoms with Crippen molar-refractivity contribution in [3.8, 4) is 0 Å². The summed E-state index contributed by atoms with van der Waals surface area (Å²) in [5.74, 6) is 0. The smallest absolute Gasteiger partial charge is 0.0284 e. The summed E-state index contributed by atoms with van der Waals surface area (Å²) in [5, 5.41) is 2.19. The monoisotopic (exact) mass is 182 g/mol. The van der Waals surface area contributed by atoms with Crippen LogP contribution in [-0.2, 0) is 0 Å². The van der Waals surface area contributed by atoms with E-state index >= 15 is 0 Å². The SMILES string of the molecule is CC1=CCP(c2cccs2)C1. The Kier molecular flexibility index (Phi) is 2.11. The summed E-state index contributed by atoms with van der Waals surface area (Å²) in [4.78, 5) is 0. The van der Waals surface area contributed by atoms with Gasteiger partial charge in [-0.3, -0.25) is 0 Å². The molecule has 0 fully saturated rings. The molecule has 2 heterocycles. The van der Waals surface area contributed by atoms with Gasteiger partial charge in [0.1, 0.15) is 0 Å². The molecule has 0 saturated carbocycles. The van der Waals surface area contributed by atoms with Crippen molar-refractivity contribution in [2.75, 3.05) is 12.3 Å². The Morgan fingerprint density at radius 2 is 2.45 bits per heavy atom. The van der Waals surface area contributed by atoms with Gasteiger partial charge in [0.15, 0.2) is 0 Å². The van der Waals surface area contributed by atoms with Gasteiger partial charge in [-0.1, -0.05) is 25.6 Å². The molecule has 0 aromatic carbocycles. The minimum atomic E-state index is 0.183. The minimum absolute atomic E-state index is 0.183. The third-order valence-corrected chi connectivity index (χ3v) is 5.96. The zero-order chi connectivity index (χ0) is 7.68. The zero-order valence-electron chi connectivity index (χ0n) is 6.58. The lowest BCUT2D eigenvalue weighted by Gasteiger charge is -2.05. The number of rotatable bonds is 1. The van der Waals surface area contributed by atoms with Crippen molar-refractivity contribution in [2.45, 2.75) is 6.92 Å². The van der Waals surface area contributed by atoms with Crippen LogP contribution in [0, 0.1) is 0 Å². The lowest BCUT2D eigenvalue weighted by atomic mass is 10.3. The van der Waals surface area contributed by atoms with Crippen molar-refractivity contribution in [1.82, 2.24) is 0 Å². The molecule has 0 nitrogen and oxygen atoms in total. The van der Waals surface area contributed by atoms with Crippen LogP contribution in [0.25, 0.3) is 0 Å². The van der Waals surface area contributed by atoms with E-state index in [1.165, 1.54) is 12.3 Å². The molecule has 1 aliphatic rings. The molecule has 0 bridgehead atoms. The summed E-state index contributed by atoms with van der Waals surface area (Å²) in [7, 11) is 0.183. The molecule has 11 heavy (non-hydrogen) atoms. The van der Waals surface area contributed by atoms with Crippen molar-refractivity contribution >= 4 is 23.9 Å². The molecular formula is C9H11PS. The fourth-order valence-corrected chi connectivity index (χ4v) is 4.99. The summed E-state index contributed by atoms with van der Waals surface area (Å²) >= 11 is 1.92. The van der Waals surface area contributed by atoms with Gasteiger partial charge in [0.2, 0.25) is 0 Å². The van der Waals surface area contributed by atoms with Crippen LogP contribution in [0.1, 0.15) is 6.92 Å². The van der Waals surface area contributed by atoms with Gasteiger partial charge >= 0.3 is 0 Å². The maximum Gasteiger partial charge on any atom is 0.0284 e. The first-order chi connectivity index (χ1) is 5.36. The Bertz CT molecular complexity index is 261. The van der Waals surface area contributed by atoms with E-state index in [4.69, 9.17) is 0 Å². The van der Waals surface area contributed by atoms with Crippen molar-refractivity contribution < 1.29 is 0 Å². The van der Waals surface area contributed by atoms with Crippen molar-refractivity contribution in [1.29, 1.82) is 0 Å². The van der Waals surface area contributed by atoms with Gasteiger partial charge < -0.3 is 0 Å². The Balaban J connectivity index is 2.11. The minimum Gasteiger partial charge on any atom is -0.144 e. The van der Waals surface area contributed by atoms with E-state index in [0.717, 1.165) is 0 Å². The predicted octanol–water partition coefficient (Wildman–Crippen LogP) is 2.82. The molecule has 1 aliphatic heterocycles. The van der Waals surface area contributed by atoms with Crippen LogP contribution in [0.3, 0.4) is 0 Å². The Morgan fingerprint density at radius 1 is 1.55 bits per heavy atom. The highest BCUT2D eigenvalue weighted by Crippen LogP contribution is 2.42. The lowest BCUT2D eigenvalue weighted by Crippen LogP contribution is -1.95. The molecule has 1 unspecified atom stereocenters. The zero-order valence-corrected chi connectivity index (χ0v) is 8.29. The van der Waals surface area contributed by atoms with Crippen LogP contribution >= 0.6 is 19.3 Å². The van der Waals surface area contributed by atoms with E-state index in [1.54, 1.807) is 10.2 Å². The summed E-state index contributed by atoms with van der Waals surface area (Å²) in [6.45, 7) is 2.25. The first-order valence-electron chi connectivity index (χ1n) is 3.80. The van der Waals surface area contributed by atoms with Gasteiger partial charge in [0.05, 0.1) is 0 Å². The third-order valence-electron chi connectivity index (χ3n) is 1.92. The van der Waals surface area contributed by atoms with Crippen molar-refractivity contribution in [2.24, 2.45) is 0 Å². The largest absolute Gasteiger partial charge is 0.144 e. The second kappa shape index (κ2) is 3.08. The maximum atomic E-state index is 2.39. The van der Waals surface area contributed by atoms with E-state index in [9.17, 15) is 0 Å². The average Bonchev–Trinajstić information content (AvgIpc) is 2.55. The highest BCUT2D eigenvalue weighted by atomic mass is 32.1. The fraction of sp³-hybridized carbons (Fsp3) is 0.333. The van der Waals surface area contributed by atoms with E-state index in [2.05, 4.69) is 30.5 Å². The van der Waals surface area contributed by atoms with E-state index in [-0.39, 0.29) is 7.92 Å². The summed E-state index contributed by atoms with van der Waals surface area (Å²) in [6, 6.07) is 4.44. The van der Waals surface area contributed by atoms with Gasteiger partial charge in [-0.2, -0.15) is 0 Å². The summed E-state index contributed by atoms with van der Waals surface area (Å²) in [6.07, 6.45) is 5.06. The standard InChI is InChI=1S/C9H11PS/c1-8-4-5-10(7-8)9-3-2-6-11-9/h2-4,6H,5,7H2,1H3. The van der Waals surface area contributed by atoms with Crippen LogP contribution in [0.5, 0.6) is 0 Å². The van der Waals surface area contributed by atoms with Gasteiger partial charge in [-0.05, 0) is 30.7 Å². The molecule has 2 rings (SSSR count). The van der Waals surface area contributed by atoms with E-state index < -0.39 is 0 Å². The van der Waals surface area contributed by atoms with E-state index in [0.29, 0.717) is 0 Å². The van der Waals surface area contributed by atoms with Crippen LogP contribution < -0.4 is 4.62 Å². The predicted molar refractivity (Wildman–Crippen MR) is 54.4 cm³/mol. The molecule has 0 aliphatic carbocycles. The molecule has 1 aromatic rings. The fourth-order valence-electron chi connectivity index (χ4n) is 1.31. The number of hydrogen-bond acceptors (Lipinski definition) is 1. The molecule has 1 aromatic heterocycles. The lowest BCUT2D eigenvalue weighted by molar-refractivity contribution is 1.42. The molecular weight excluding hydrogens is 171 g/mol. The van der Waals surface area contributed by atoms with E-state index in [1.807, 2.05) is 11.3 Å². The summed E-state index contributed by atoms with van der Waals surface area (Å²) in [5.41, 5.74) is 1.59. The normalized spacial score (nSPS) is 23.7. The molecule has 2 heteroatoms. The highest BCUT2D eigenvalue weighted by molar-refractivity contribution is 7.72. The summed E-state index contributed by atoms with van der Waals surface area (Å²) < 4.78 is 1.62. The third kappa shape index (κ3) is 1.55. The second-order valence-corrected chi connectivity index (χ2v) is 6.38. The van der Waals surface area contributed by atoms with Crippen LogP contribution in [-0.4, -0.2) is 12.3 Å². The quantitative estimate of drug-likeness (QED) is 0.463. The molecule has 1 atom stereocenters. The number of hydrogen-bond donors (Lipinski definition) is 0. The van der Waals surface area contributed by atoms with Gasteiger partial charge in [-0.25, -0.2) is 0 Å². The van der Waals surface area contributed by atoms with Crippen LogP contribution in [0.4, 0.5) is 0 Å². The van der Waals surface area contributed by atoms with Gasteiger partial charge in [0.25, 0.3) is 0 Å². The van der Waals surface area contributed by atoms with Crippen LogP contribution in [0.2, 0.25) is 0 Å². The molecule has 0 saturated heterocycles.